The molecular formula is C23H18FN3O4S2. The number of esters is 1. The molecule has 0 saturated carbocycles. The zero-order valence-electron chi connectivity index (χ0n) is 17.6. The van der Waals surface area contributed by atoms with E-state index in [9.17, 15) is 18.8 Å². The van der Waals surface area contributed by atoms with Crippen LogP contribution < -0.4 is 10.9 Å². The molecule has 0 radical (unpaired) electrons. The maximum absolute atomic E-state index is 13.7. The molecule has 0 unspecified atom stereocenters. The highest BCUT2D eigenvalue weighted by molar-refractivity contribution is 7.99. The summed E-state index contributed by atoms with van der Waals surface area (Å²) in [5, 5.41) is 4.77. The summed E-state index contributed by atoms with van der Waals surface area (Å²) in [5.41, 5.74) is 1.85. The highest BCUT2D eigenvalue weighted by atomic mass is 32.2. The number of nitrogens with zero attached hydrogens (tertiary/aromatic N) is 2. The molecule has 10 heteroatoms. The summed E-state index contributed by atoms with van der Waals surface area (Å²) in [6.45, 7) is 1.70. The van der Waals surface area contributed by atoms with Gasteiger partial charge in [-0.15, -0.1) is 11.3 Å². The average Bonchev–Trinajstić information content (AvgIpc) is 3.27. The zero-order chi connectivity index (χ0) is 23.5. The van der Waals surface area contributed by atoms with E-state index in [1.165, 1.54) is 41.2 Å². The molecule has 4 rings (SSSR count). The minimum atomic E-state index is -0.566. The van der Waals surface area contributed by atoms with Crippen molar-refractivity contribution in [3.05, 3.63) is 81.2 Å². The van der Waals surface area contributed by atoms with E-state index in [0.29, 0.717) is 32.3 Å². The fourth-order valence-corrected chi connectivity index (χ4v) is 4.83. The fraction of sp³-hybridized carbons (Fsp3) is 0.130. The van der Waals surface area contributed by atoms with Gasteiger partial charge in [0.2, 0.25) is 5.91 Å². The third kappa shape index (κ3) is 4.67. The second-order valence-corrected chi connectivity index (χ2v) is 8.83. The fourth-order valence-electron chi connectivity index (χ4n) is 3.27. The van der Waals surface area contributed by atoms with Gasteiger partial charge in [-0.2, -0.15) is 0 Å². The molecule has 168 valence electrons. The molecule has 33 heavy (non-hydrogen) atoms. The van der Waals surface area contributed by atoms with Gasteiger partial charge in [-0.05, 0) is 54.3 Å². The summed E-state index contributed by atoms with van der Waals surface area (Å²) in [6, 6.07) is 12.4. The van der Waals surface area contributed by atoms with Crippen LogP contribution in [0.2, 0.25) is 0 Å². The first kappa shape index (κ1) is 22.7. The molecule has 0 fully saturated rings. The van der Waals surface area contributed by atoms with E-state index in [4.69, 9.17) is 4.74 Å². The van der Waals surface area contributed by atoms with Crippen molar-refractivity contribution in [2.45, 2.75) is 12.1 Å². The first-order chi connectivity index (χ1) is 15.9. The minimum Gasteiger partial charge on any atom is -0.465 e. The maximum Gasteiger partial charge on any atom is 0.339 e. The van der Waals surface area contributed by atoms with Gasteiger partial charge in [-0.25, -0.2) is 14.2 Å². The molecule has 0 saturated heterocycles. The molecule has 0 aliphatic carbocycles. The third-order valence-electron chi connectivity index (χ3n) is 4.79. The number of nitrogens with one attached hydrogen (secondary N) is 1. The Labute approximate surface area is 196 Å². The number of aryl methyl sites for hydroxylation is 1. The normalized spacial score (nSPS) is 10.9. The Balaban J connectivity index is 1.65. The molecule has 0 spiro atoms. The van der Waals surface area contributed by atoms with Gasteiger partial charge in [0.25, 0.3) is 5.56 Å². The second kappa shape index (κ2) is 9.55. The van der Waals surface area contributed by atoms with Crippen LogP contribution in [0, 0.1) is 12.7 Å². The van der Waals surface area contributed by atoms with Crippen LogP contribution in [0.5, 0.6) is 0 Å². The highest BCUT2D eigenvalue weighted by Crippen LogP contribution is 2.26. The zero-order valence-corrected chi connectivity index (χ0v) is 19.3. The van der Waals surface area contributed by atoms with Crippen LogP contribution in [0.3, 0.4) is 0 Å². The van der Waals surface area contributed by atoms with E-state index in [1.54, 1.807) is 42.6 Å². The molecule has 0 bridgehead atoms. The van der Waals surface area contributed by atoms with Gasteiger partial charge in [-0.1, -0.05) is 23.9 Å². The molecule has 0 aliphatic heterocycles. The van der Waals surface area contributed by atoms with Crippen molar-refractivity contribution < 1.29 is 18.7 Å². The highest BCUT2D eigenvalue weighted by Gasteiger charge is 2.18. The maximum atomic E-state index is 13.7. The van der Waals surface area contributed by atoms with Crippen LogP contribution >= 0.6 is 23.1 Å². The lowest BCUT2D eigenvalue weighted by atomic mass is 10.2. The number of thiophene rings is 1. The lowest BCUT2D eigenvalue weighted by Gasteiger charge is -2.14. The van der Waals surface area contributed by atoms with Crippen molar-refractivity contribution in [1.29, 1.82) is 0 Å². The number of carbonyl (C=O) groups is 2. The van der Waals surface area contributed by atoms with Crippen LogP contribution in [-0.4, -0.2) is 34.3 Å². The molecule has 4 aromatic rings. The number of carbonyl (C=O) groups excluding carboxylic acids is 2. The lowest BCUT2D eigenvalue weighted by molar-refractivity contribution is -0.113. The van der Waals surface area contributed by atoms with E-state index in [1.807, 2.05) is 0 Å². The van der Waals surface area contributed by atoms with Gasteiger partial charge in [0, 0.05) is 0 Å². The smallest absolute Gasteiger partial charge is 0.339 e. The molecule has 2 heterocycles. The van der Waals surface area contributed by atoms with E-state index in [0.717, 1.165) is 11.8 Å². The Morgan fingerprint density at radius 2 is 2.00 bits per heavy atom. The van der Waals surface area contributed by atoms with E-state index in [-0.39, 0.29) is 16.9 Å². The van der Waals surface area contributed by atoms with Gasteiger partial charge in [-0.3, -0.25) is 14.2 Å². The number of fused-ring (bicyclic) bond motifs is 1. The second-order valence-electron chi connectivity index (χ2n) is 6.97. The lowest BCUT2D eigenvalue weighted by Crippen LogP contribution is -2.23. The quantitative estimate of drug-likeness (QED) is 0.248. The molecule has 2 aromatic carbocycles. The van der Waals surface area contributed by atoms with Gasteiger partial charge >= 0.3 is 5.97 Å². The molecule has 2 aromatic heterocycles. The number of methoxy groups -OCH3 is 1. The number of benzene rings is 2. The number of ether oxygens (including phenoxy) is 1. The number of hydrogen-bond acceptors (Lipinski definition) is 7. The number of aromatic nitrogens is 2. The first-order valence-electron chi connectivity index (χ1n) is 9.76. The molecule has 1 N–H and O–H groups in total. The van der Waals surface area contributed by atoms with E-state index >= 15 is 0 Å². The van der Waals surface area contributed by atoms with E-state index < -0.39 is 17.7 Å². The van der Waals surface area contributed by atoms with Crippen molar-refractivity contribution in [2.24, 2.45) is 0 Å². The number of hydrogen-bond donors (Lipinski definition) is 1. The number of thioether (sulfide) groups is 1. The number of rotatable bonds is 6. The van der Waals surface area contributed by atoms with E-state index in [2.05, 4.69) is 10.3 Å². The SMILES string of the molecule is COC(=O)c1ccccc1NC(=O)CSc1nc2ccsc2c(=O)n1-c1ccc(F)cc1C. The Bertz CT molecular complexity index is 1430. The number of para-hydroxylation sites is 1. The van der Waals surface area contributed by atoms with Crippen LogP contribution in [-0.2, 0) is 9.53 Å². The molecule has 0 aliphatic rings. The third-order valence-corrected chi connectivity index (χ3v) is 6.62. The first-order valence-corrected chi connectivity index (χ1v) is 11.6. The topological polar surface area (TPSA) is 90.3 Å². The predicted molar refractivity (Wildman–Crippen MR) is 127 cm³/mol. The predicted octanol–water partition coefficient (Wildman–Crippen LogP) is 4.41. The Kier molecular flexibility index (Phi) is 6.57. The molecule has 7 nitrogen and oxygen atoms in total. The molecular weight excluding hydrogens is 465 g/mol. The minimum absolute atomic E-state index is 0.0716. The summed E-state index contributed by atoms with van der Waals surface area (Å²) in [4.78, 5) is 42.4. The number of amides is 1. The van der Waals surface area contributed by atoms with Gasteiger partial charge in [0.05, 0.1) is 35.3 Å². The van der Waals surface area contributed by atoms with Gasteiger partial charge in [0.15, 0.2) is 5.16 Å². The van der Waals surface area contributed by atoms with Crippen molar-refractivity contribution in [3.8, 4) is 5.69 Å². The Morgan fingerprint density at radius 1 is 1.21 bits per heavy atom. The monoisotopic (exact) mass is 483 g/mol. The Hall–Kier alpha value is -3.50. The Morgan fingerprint density at radius 3 is 2.76 bits per heavy atom. The van der Waals surface area contributed by atoms with Crippen molar-refractivity contribution in [3.63, 3.8) is 0 Å². The number of anilines is 1. The van der Waals surface area contributed by atoms with Crippen molar-refractivity contribution in [1.82, 2.24) is 9.55 Å². The van der Waals surface area contributed by atoms with Gasteiger partial charge in [0.1, 0.15) is 10.5 Å². The summed E-state index contributed by atoms with van der Waals surface area (Å²) in [6.07, 6.45) is 0. The molecule has 1 amide bonds. The van der Waals surface area contributed by atoms with Crippen LogP contribution in [0.15, 0.2) is 63.9 Å². The largest absolute Gasteiger partial charge is 0.465 e. The number of halogens is 1. The average molecular weight is 484 g/mol. The standard InChI is InChI=1S/C23H18FN3O4S2/c1-13-11-14(24)7-8-18(13)27-21(29)20-17(9-10-32-20)26-23(27)33-12-19(28)25-16-6-4-3-5-15(16)22(30)31-2/h3-11H,12H2,1-2H3,(H,25,28). The molecule has 0 atom stereocenters. The van der Waals surface area contributed by atoms with Crippen molar-refractivity contribution >= 4 is 50.9 Å². The van der Waals surface area contributed by atoms with Crippen LogP contribution in [0.1, 0.15) is 15.9 Å². The van der Waals surface area contributed by atoms with Crippen LogP contribution in [0.25, 0.3) is 15.9 Å². The summed E-state index contributed by atoms with van der Waals surface area (Å²) in [5.74, 6) is -1.44. The van der Waals surface area contributed by atoms with Crippen molar-refractivity contribution in [2.75, 3.05) is 18.2 Å². The van der Waals surface area contributed by atoms with Crippen LogP contribution in [0.4, 0.5) is 10.1 Å². The summed E-state index contributed by atoms with van der Waals surface area (Å²) >= 11 is 2.34. The summed E-state index contributed by atoms with van der Waals surface area (Å²) < 4.78 is 20.3. The van der Waals surface area contributed by atoms with Gasteiger partial charge < -0.3 is 10.1 Å². The summed E-state index contributed by atoms with van der Waals surface area (Å²) in [7, 11) is 1.26.